The van der Waals surface area contributed by atoms with Crippen LogP contribution >= 0.6 is 0 Å². The van der Waals surface area contributed by atoms with Gasteiger partial charge in [-0.3, -0.25) is 0 Å². The Kier molecular flexibility index (Phi) is 15.3. The van der Waals surface area contributed by atoms with Crippen molar-refractivity contribution in [1.82, 2.24) is 0 Å². The largest absolute Gasteiger partial charge is 0.371 e. The Hall–Kier alpha value is -0.160. The van der Waals surface area contributed by atoms with Crippen LogP contribution in [0, 0.1) is 0 Å². The molecule has 0 aromatic heterocycles. The van der Waals surface area contributed by atoms with Gasteiger partial charge in [0.05, 0.1) is 0 Å². The molecule has 0 aliphatic heterocycles. The molecule has 70 valence electrons. The van der Waals surface area contributed by atoms with Crippen LogP contribution in [0.1, 0.15) is 32.6 Å². The van der Waals surface area contributed by atoms with Crippen molar-refractivity contribution in [3.63, 3.8) is 0 Å². The summed E-state index contributed by atoms with van der Waals surface area (Å²) in [6.45, 7) is 1.34. The van der Waals surface area contributed by atoms with E-state index in [2.05, 4.69) is 6.92 Å². The molecule has 0 unspecified atom stereocenters. The topological polar surface area (TPSA) is 80.9 Å². The lowest BCUT2D eigenvalue weighted by Gasteiger charge is -1.99. The summed E-state index contributed by atoms with van der Waals surface area (Å²) in [4.78, 5) is 0. The molecule has 4 N–H and O–H groups in total. The monoisotopic (exact) mass is 166 g/mol. The minimum Gasteiger partial charge on any atom is -0.371 e. The third-order valence-electron chi connectivity index (χ3n) is 1.07. The van der Waals surface area contributed by atoms with E-state index in [9.17, 15) is 0 Å². The molecule has 0 atom stereocenters. The van der Waals surface area contributed by atoms with E-state index in [1.165, 1.54) is 0 Å². The molecule has 11 heavy (non-hydrogen) atoms. The van der Waals surface area contributed by atoms with Gasteiger partial charge >= 0.3 is 0 Å². The fourth-order valence-corrected chi connectivity index (χ4v) is 0.577. The maximum atomic E-state index is 8.33. The second-order valence-corrected chi connectivity index (χ2v) is 2.12. The molecule has 0 aromatic carbocycles. The van der Waals surface area contributed by atoms with E-state index in [0.29, 0.717) is 6.42 Å². The Bertz CT molecular complexity index is 56.4. The molecular formula is C7H18O4. The van der Waals surface area contributed by atoms with Crippen LogP contribution in [-0.4, -0.2) is 33.5 Å². The van der Waals surface area contributed by atoms with Crippen LogP contribution in [-0.2, 0) is 0 Å². The average Bonchev–Trinajstić information content (AvgIpc) is 1.89. The molecule has 4 heteroatoms. The quantitative estimate of drug-likeness (QED) is 0.344. The van der Waals surface area contributed by atoms with Crippen molar-refractivity contribution in [1.29, 1.82) is 0 Å². The zero-order chi connectivity index (χ0) is 9.11. The highest BCUT2D eigenvalue weighted by Crippen LogP contribution is 1.99. The van der Waals surface area contributed by atoms with Crippen molar-refractivity contribution >= 4 is 0 Å². The number of rotatable bonds is 4. The molecule has 0 amide bonds. The van der Waals surface area contributed by atoms with Gasteiger partial charge in [-0.1, -0.05) is 19.8 Å². The molecule has 0 saturated carbocycles. The lowest BCUT2D eigenvalue weighted by atomic mass is 10.2. The number of hydrogen-bond acceptors (Lipinski definition) is 4. The Morgan fingerprint density at radius 1 is 1.09 bits per heavy atom. The summed E-state index contributed by atoms with van der Waals surface area (Å²) >= 11 is 0. The summed E-state index contributed by atoms with van der Waals surface area (Å²) < 4.78 is 0. The lowest BCUT2D eigenvalue weighted by Crippen LogP contribution is -2.02. The van der Waals surface area contributed by atoms with Crippen LogP contribution in [0.5, 0.6) is 0 Å². The Labute approximate surface area is 67.1 Å². The third kappa shape index (κ3) is 25.8. The van der Waals surface area contributed by atoms with E-state index >= 15 is 0 Å². The van der Waals surface area contributed by atoms with Crippen LogP contribution in [0.3, 0.4) is 0 Å². The summed E-state index contributed by atoms with van der Waals surface area (Å²) in [7, 11) is 0. The van der Waals surface area contributed by atoms with E-state index < -0.39 is 13.1 Å². The minimum atomic E-state index is -1.10. The van der Waals surface area contributed by atoms with Gasteiger partial charge < -0.3 is 20.4 Å². The molecule has 0 aliphatic carbocycles. The molecule has 0 heterocycles. The lowest BCUT2D eigenvalue weighted by molar-refractivity contribution is -0.0465. The highest BCUT2D eigenvalue weighted by atomic mass is 16.5. The van der Waals surface area contributed by atoms with Crippen molar-refractivity contribution in [2.45, 2.75) is 38.9 Å². The normalized spacial score (nSPS) is 9.27. The summed E-state index contributed by atoms with van der Waals surface area (Å²) in [5.74, 6) is 0. The Balaban J connectivity index is 0. The van der Waals surface area contributed by atoms with Gasteiger partial charge in [-0.05, 0) is 12.8 Å². The van der Waals surface area contributed by atoms with Crippen molar-refractivity contribution in [2.24, 2.45) is 0 Å². The molecule has 0 aliphatic rings. The van der Waals surface area contributed by atoms with Gasteiger partial charge in [0.15, 0.2) is 6.29 Å². The van der Waals surface area contributed by atoms with Gasteiger partial charge in [-0.25, -0.2) is 0 Å². The van der Waals surface area contributed by atoms with Crippen molar-refractivity contribution < 1.29 is 20.4 Å². The Morgan fingerprint density at radius 3 is 1.82 bits per heavy atom. The summed E-state index contributed by atoms with van der Waals surface area (Å²) in [6, 6.07) is 0. The Morgan fingerprint density at radius 2 is 1.55 bits per heavy atom. The van der Waals surface area contributed by atoms with Crippen LogP contribution in [0.2, 0.25) is 0 Å². The van der Waals surface area contributed by atoms with E-state index in [1.807, 2.05) is 0 Å². The number of aliphatic hydroxyl groups excluding tert-OH is 2. The molecule has 0 spiro atoms. The third-order valence-corrected chi connectivity index (χ3v) is 1.07. The fourth-order valence-electron chi connectivity index (χ4n) is 0.577. The first-order chi connectivity index (χ1) is 5.18. The van der Waals surface area contributed by atoms with Gasteiger partial charge in [-0.2, -0.15) is 0 Å². The van der Waals surface area contributed by atoms with E-state index in [-0.39, 0.29) is 0 Å². The summed E-state index contributed by atoms with van der Waals surface area (Å²) in [6.07, 6.45) is 2.58. The number of hydrogen-bond donors (Lipinski definition) is 4. The second-order valence-electron chi connectivity index (χ2n) is 2.12. The first-order valence-corrected chi connectivity index (χ1v) is 3.76. The van der Waals surface area contributed by atoms with Gasteiger partial charge in [0, 0.05) is 0 Å². The average molecular weight is 166 g/mol. The predicted octanol–water partition coefficient (Wildman–Crippen LogP) is -0.194. The molecule has 4 nitrogen and oxygen atoms in total. The SMILES string of the molecule is CCCCCC(O)O.OCO. The van der Waals surface area contributed by atoms with Crippen LogP contribution in [0.25, 0.3) is 0 Å². The molecule has 0 radical (unpaired) electrons. The zero-order valence-corrected chi connectivity index (χ0v) is 6.90. The van der Waals surface area contributed by atoms with Crippen LogP contribution in [0.15, 0.2) is 0 Å². The standard InChI is InChI=1S/C6H14O2.CH4O2/c1-2-3-4-5-6(7)8;2-1-3/h6-8H,2-5H2,1H3;2-3H,1H2. The van der Waals surface area contributed by atoms with Gasteiger partial charge in [0.1, 0.15) is 6.79 Å². The number of unbranched alkanes of at least 4 members (excludes halogenated alkanes) is 2. The second kappa shape index (κ2) is 12.5. The smallest absolute Gasteiger partial charge is 0.151 e. The highest BCUT2D eigenvalue weighted by molar-refractivity contribution is 4.40. The van der Waals surface area contributed by atoms with Crippen LogP contribution in [0.4, 0.5) is 0 Å². The minimum absolute atomic E-state index is 0.522. The summed E-state index contributed by atoms with van der Waals surface area (Å²) in [5, 5.41) is 30.9. The van der Waals surface area contributed by atoms with Gasteiger partial charge in [0.2, 0.25) is 0 Å². The van der Waals surface area contributed by atoms with Crippen molar-refractivity contribution in [3.05, 3.63) is 0 Å². The predicted molar refractivity (Wildman–Crippen MR) is 41.7 cm³/mol. The van der Waals surface area contributed by atoms with Gasteiger partial charge in [-0.15, -0.1) is 0 Å². The molecule has 0 saturated heterocycles. The molecule has 0 bridgehead atoms. The van der Waals surface area contributed by atoms with E-state index in [4.69, 9.17) is 20.4 Å². The first-order valence-electron chi connectivity index (χ1n) is 3.76. The van der Waals surface area contributed by atoms with E-state index in [0.717, 1.165) is 19.3 Å². The first kappa shape index (κ1) is 13.4. The van der Waals surface area contributed by atoms with Crippen LogP contribution < -0.4 is 0 Å². The fraction of sp³-hybridized carbons (Fsp3) is 1.00. The zero-order valence-electron chi connectivity index (χ0n) is 6.90. The van der Waals surface area contributed by atoms with Crippen molar-refractivity contribution in [3.8, 4) is 0 Å². The molecule has 0 aromatic rings. The molecular weight excluding hydrogens is 148 g/mol. The number of aliphatic hydroxyl groups is 4. The molecule has 0 fully saturated rings. The van der Waals surface area contributed by atoms with Crippen molar-refractivity contribution in [2.75, 3.05) is 6.79 Å². The van der Waals surface area contributed by atoms with Gasteiger partial charge in [0.25, 0.3) is 0 Å². The van der Waals surface area contributed by atoms with E-state index in [1.54, 1.807) is 0 Å². The highest BCUT2D eigenvalue weighted by Gasteiger charge is 1.93. The maximum absolute atomic E-state index is 8.33. The maximum Gasteiger partial charge on any atom is 0.151 e. The summed E-state index contributed by atoms with van der Waals surface area (Å²) in [5.41, 5.74) is 0. The molecule has 0 rings (SSSR count).